The van der Waals surface area contributed by atoms with E-state index in [0.29, 0.717) is 12.1 Å². The van der Waals surface area contributed by atoms with Gasteiger partial charge in [-0.05, 0) is 53.5 Å². The SMILES string of the molecule is CCC(C)(C)NCC(C)N(C)C(C)CC(C)C. The van der Waals surface area contributed by atoms with Crippen LogP contribution < -0.4 is 5.32 Å². The lowest BCUT2D eigenvalue weighted by Crippen LogP contribution is -2.48. The van der Waals surface area contributed by atoms with Crippen molar-refractivity contribution in [2.45, 2.75) is 78.9 Å². The van der Waals surface area contributed by atoms with Crippen molar-refractivity contribution in [3.63, 3.8) is 0 Å². The Labute approximate surface area is 109 Å². The summed E-state index contributed by atoms with van der Waals surface area (Å²) in [5.41, 5.74) is 0.260. The summed E-state index contributed by atoms with van der Waals surface area (Å²) < 4.78 is 0. The molecule has 0 saturated carbocycles. The molecule has 0 amide bonds. The van der Waals surface area contributed by atoms with Crippen LogP contribution in [0.15, 0.2) is 0 Å². The number of hydrogen-bond acceptors (Lipinski definition) is 2. The number of rotatable bonds is 8. The molecule has 104 valence electrons. The summed E-state index contributed by atoms with van der Waals surface area (Å²) in [6, 6.07) is 1.26. The lowest BCUT2D eigenvalue weighted by Gasteiger charge is -2.34. The van der Waals surface area contributed by atoms with Crippen LogP contribution in [0.5, 0.6) is 0 Å². The molecule has 0 aliphatic rings. The first-order chi connectivity index (χ1) is 7.69. The lowest BCUT2D eigenvalue weighted by atomic mass is 10.0. The van der Waals surface area contributed by atoms with Gasteiger partial charge in [-0.3, -0.25) is 4.90 Å². The number of hydrogen-bond donors (Lipinski definition) is 1. The first-order valence-corrected chi connectivity index (χ1v) is 7.16. The number of nitrogens with zero attached hydrogens (tertiary/aromatic N) is 1. The van der Waals surface area contributed by atoms with Crippen molar-refractivity contribution in [2.24, 2.45) is 5.92 Å². The van der Waals surface area contributed by atoms with E-state index in [1.807, 2.05) is 0 Å². The number of likely N-dealkylation sites (N-methyl/N-ethyl adjacent to an activating group) is 1. The Balaban J connectivity index is 4.09. The summed E-state index contributed by atoms with van der Waals surface area (Å²) in [6.45, 7) is 17.1. The minimum absolute atomic E-state index is 0.260. The predicted octanol–water partition coefficient (Wildman–Crippen LogP) is 3.52. The van der Waals surface area contributed by atoms with Gasteiger partial charge in [0.25, 0.3) is 0 Å². The van der Waals surface area contributed by atoms with Crippen molar-refractivity contribution < 1.29 is 0 Å². The highest BCUT2D eigenvalue weighted by Crippen LogP contribution is 2.13. The summed E-state index contributed by atoms with van der Waals surface area (Å²) in [6.07, 6.45) is 2.45. The summed E-state index contributed by atoms with van der Waals surface area (Å²) in [5, 5.41) is 3.66. The van der Waals surface area contributed by atoms with Crippen molar-refractivity contribution in [3.8, 4) is 0 Å². The van der Waals surface area contributed by atoms with E-state index in [4.69, 9.17) is 0 Å². The van der Waals surface area contributed by atoms with E-state index in [9.17, 15) is 0 Å². The van der Waals surface area contributed by atoms with Gasteiger partial charge in [-0.25, -0.2) is 0 Å². The lowest BCUT2D eigenvalue weighted by molar-refractivity contribution is 0.163. The molecule has 2 unspecified atom stereocenters. The topological polar surface area (TPSA) is 15.3 Å². The van der Waals surface area contributed by atoms with Crippen molar-refractivity contribution >= 4 is 0 Å². The summed E-state index contributed by atoms with van der Waals surface area (Å²) >= 11 is 0. The molecule has 0 radical (unpaired) electrons. The van der Waals surface area contributed by atoms with Crippen LogP contribution in [0, 0.1) is 5.92 Å². The van der Waals surface area contributed by atoms with Crippen LogP contribution in [0.3, 0.4) is 0 Å². The van der Waals surface area contributed by atoms with Gasteiger partial charge in [0.1, 0.15) is 0 Å². The Kier molecular flexibility index (Phi) is 7.34. The Morgan fingerprint density at radius 2 is 1.59 bits per heavy atom. The monoisotopic (exact) mass is 242 g/mol. The Bertz CT molecular complexity index is 199. The number of nitrogens with one attached hydrogen (secondary N) is 1. The van der Waals surface area contributed by atoms with Crippen LogP contribution in [0.1, 0.15) is 61.3 Å². The fourth-order valence-electron chi connectivity index (χ4n) is 1.98. The smallest absolute Gasteiger partial charge is 0.0192 e. The van der Waals surface area contributed by atoms with E-state index in [2.05, 4.69) is 65.7 Å². The van der Waals surface area contributed by atoms with Crippen LogP contribution in [-0.2, 0) is 0 Å². The quantitative estimate of drug-likeness (QED) is 0.700. The highest BCUT2D eigenvalue weighted by Gasteiger charge is 2.20. The predicted molar refractivity (Wildman–Crippen MR) is 78.5 cm³/mol. The van der Waals surface area contributed by atoms with Crippen LogP contribution >= 0.6 is 0 Å². The van der Waals surface area contributed by atoms with Crippen LogP contribution in [0.2, 0.25) is 0 Å². The molecule has 0 aliphatic carbocycles. The molecule has 2 atom stereocenters. The Morgan fingerprint density at radius 3 is 2.00 bits per heavy atom. The molecule has 0 aromatic rings. The van der Waals surface area contributed by atoms with Crippen molar-refractivity contribution in [1.82, 2.24) is 10.2 Å². The molecule has 0 bridgehead atoms. The summed E-state index contributed by atoms with van der Waals surface area (Å²) in [4.78, 5) is 2.50. The van der Waals surface area contributed by atoms with Crippen LogP contribution in [0.4, 0.5) is 0 Å². The van der Waals surface area contributed by atoms with Gasteiger partial charge in [0.05, 0.1) is 0 Å². The zero-order valence-corrected chi connectivity index (χ0v) is 13.3. The molecular formula is C15H34N2. The van der Waals surface area contributed by atoms with Gasteiger partial charge in [-0.15, -0.1) is 0 Å². The van der Waals surface area contributed by atoms with Crippen LogP contribution in [-0.4, -0.2) is 36.1 Å². The highest BCUT2D eigenvalue weighted by atomic mass is 15.2. The summed E-state index contributed by atoms with van der Waals surface area (Å²) in [7, 11) is 2.25. The summed E-state index contributed by atoms with van der Waals surface area (Å²) in [5.74, 6) is 0.777. The van der Waals surface area contributed by atoms with Gasteiger partial charge in [-0.1, -0.05) is 20.8 Å². The van der Waals surface area contributed by atoms with Crippen molar-refractivity contribution in [3.05, 3.63) is 0 Å². The molecule has 2 nitrogen and oxygen atoms in total. The average Bonchev–Trinajstić information content (AvgIpc) is 2.24. The largest absolute Gasteiger partial charge is 0.310 e. The maximum absolute atomic E-state index is 3.66. The second-order valence-corrected chi connectivity index (χ2v) is 6.61. The van der Waals surface area contributed by atoms with Gasteiger partial charge in [0.15, 0.2) is 0 Å². The van der Waals surface area contributed by atoms with E-state index < -0.39 is 0 Å². The van der Waals surface area contributed by atoms with E-state index >= 15 is 0 Å². The second-order valence-electron chi connectivity index (χ2n) is 6.61. The fraction of sp³-hybridized carbons (Fsp3) is 1.00. The molecule has 0 aromatic heterocycles. The molecular weight excluding hydrogens is 208 g/mol. The molecule has 0 spiro atoms. The third-order valence-electron chi connectivity index (χ3n) is 3.96. The normalized spacial score (nSPS) is 16.6. The van der Waals surface area contributed by atoms with Crippen molar-refractivity contribution in [1.29, 1.82) is 0 Å². The molecule has 17 heavy (non-hydrogen) atoms. The molecule has 2 heteroatoms. The molecule has 0 rings (SSSR count). The molecule has 0 aliphatic heterocycles. The zero-order valence-electron chi connectivity index (χ0n) is 13.3. The average molecular weight is 242 g/mol. The first kappa shape index (κ1) is 16.9. The van der Waals surface area contributed by atoms with Crippen molar-refractivity contribution in [2.75, 3.05) is 13.6 Å². The fourth-order valence-corrected chi connectivity index (χ4v) is 1.98. The van der Waals surface area contributed by atoms with Gasteiger partial charge in [-0.2, -0.15) is 0 Å². The van der Waals surface area contributed by atoms with Gasteiger partial charge in [0.2, 0.25) is 0 Å². The molecule has 0 aromatic carbocycles. The second kappa shape index (κ2) is 7.38. The maximum atomic E-state index is 3.66. The van der Waals surface area contributed by atoms with Gasteiger partial charge >= 0.3 is 0 Å². The highest BCUT2D eigenvalue weighted by molar-refractivity contribution is 4.80. The maximum Gasteiger partial charge on any atom is 0.0192 e. The third-order valence-corrected chi connectivity index (χ3v) is 3.96. The van der Waals surface area contributed by atoms with Crippen LogP contribution in [0.25, 0.3) is 0 Å². The first-order valence-electron chi connectivity index (χ1n) is 7.16. The minimum Gasteiger partial charge on any atom is -0.310 e. The van der Waals surface area contributed by atoms with E-state index in [1.165, 1.54) is 12.8 Å². The molecule has 0 saturated heterocycles. The van der Waals surface area contributed by atoms with E-state index in [1.54, 1.807) is 0 Å². The Hall–Kier alpha value is -0.0800. The molecule has 0 heterocycles. The third kappa shape index (κ3) is 7.05. The van der Waals surface area contributed by atoms with E-state index in [-0.39, 0.29) is 5.54 Å². The zero-order chi connectivity index (χ0) is 13.6. The minimum atomic E-state index is 0.260. The molecule has 1 N–H and O–H groups in total. The Morgan fingerprint density at radius 1 is 1.06 bits per heavy atom. The van der Waals surface area contributed by atoms with E-state index in [0.717, 1.165) is 12.5 Å². The van der Waals surface area contributed by atoms with Gasteiger partial charge < -0.3 is 5.32 Å². The standard InChI is InChI=1S/C15H34N2/c1-9-15(6,7)16-11-14(5)17(8)13(4)10-12(2)3/h12-14,16H,9-11H2,1-8H3. The van der Waals surface area contributed by atoms with Gasteiger partial charge in [0, 0.05) is 24.2 Å². The molecule has 0 fully saturated rings.